The third-order valence-corrected chi connectivity index (χ3v) is 4.10. The van der Waals surface area contributed by atoms with E-state index in [9.17, 15) is 4.79 Å². The smallest absolute Gasteiger partial charge is 0.238 e. The van der Waals surface area contributed by atoms with Crippen molar-refractivity contribution in [2.24, 2.45) is 5.92 Å². The van der Waals surface area contributed by atoms with E-state index in [-0.39, 0.29) is 18.1 Å². The molecule has 1 fully saturated rings. The van der Waals surface area contributed by atoms with Gasteiger partial charge in [0.2, 0.25) is 5.91 Å². The molecule has 0 spiro atoms. The fraction of sp³-hybridized carbons (Fsp3) is 0.632. The van der Waals surface area contributed by atoms with Gasteiger partial charge in [0.1, 0.15) is 6.04 Å². The zero-order chi connectivity index (χ0) is 17.5. The Morgan fingerprint density at radius 1 is 1.25 bits per heavy atom. The molecule has 1 heterocycles. The minimum Gasteiger partial charge on any atom is -0.374 e. The van der Waals surface area contributed by atoms with Gasteiger partial charge < -0.3 is 10.1 Å². The average Bonchev–Trinajstić information content (AvgIpc) is 2.99. The maximum absolute atomic E-state index is 12.3. The summed E-state index contributed by atoms with van der Waals surface area (Å²) in [5, 5.41) is 3.02. The molecule has 1 aromatic rings. The Morgan fingerprint density at radius 2 is 2.00 bits per heavy atom. The topological polar surface area (TPSA) is 62.4 Å². The van der Waals surface area contributed by atoms with Crippen LogP contribution in [0.1, 0.15) is 51.7 Å². The van der Waals surface area contributed by atoms with Crippen molar-refractivity contribution in [2.45, 2.75) is 71.9 Å². The van der Waals surface area contributed by atoms with Crippen LogP contribution in [0.3, 0.4) is 0 Å². The summed E-state index contributed by atoms with van der Waals surface area (Å²) in [7, 11) is 0. The lowest BCUT2D eigenvalue weighted by Crippen LogP contribution is -2.43. The molecule has 1 aliphatic heterocycles. The van der Waals surface area contributed by atoms with E-state index in [1.807, 2.05) is 32.0 Å². The molecular weight excluding hydrogens is 302 g/mol. The number of hydrogen-bond acceptors (Lipinski definition) is 4. The molecule has 0 aliphatic carbocycles. The number of carbonyl (C=O) groups is 1. The van der Waals surface area contributed by atoms with Crippen molar-refractivity contribution in [3.63, 3.8) is 0 Å². The quantitative estimate of drug-likeness (QED) is 0.684. The first-order valence-electron chi connectivity index (χ1n) is 8.92. The van der Waals surface area contributed by atoms with Crippen molar-refractivity contribution < 1.29 is 9.53 Å². The average molecular weight is 333 g/mol. The minimum atomic E-state index is -0.152. The Labute approximate surface area is 145 Å². The number of hydrazine groups is 1. The molecule has 3 N–H and O–H groups in total. The van der Waals surface area contributed by atoms with E-state index < -0.39 is 0 Å². The van der Waals surface area contributed by atoms with E-state index >= 15 is 0 Å². The molecule has 2 rings (SSSR count). The van der Waals surface area contributed by atoms with E-state index in [0.717, 1.165) is 24.0 Å². The second-order valence-electron chi connectivity index (χ2n) is 7.30. The molecule has 1 amide bonds. The second kappa shape index (κ2) is 9.16. The van der Waals surface area contributed by atoms with Crippen molar-refractivity contribution >= 4 is 5.91 Å². The number of carbonyl (C=O) groups excluding carboxylic acids is 1. The summed E-state index contributed by atoms with van der Waals surface area (Å²) in [5.74, 6) is 0.680. The van der Waals surface area contributed by atoms with Crippen LogP contribution in [-0.2, 0) is 22.7 Å². The number of rotatable bonds is 8. The summed E-state index contributed by atoms with van der Waals surface area (Å²) < 4.78 is 5.63. The molecular formula is C19H31N3O2. The number of nitrogens with one attached hydrogen (secondary N) is 3. The summed E-state index contributed by atoms with van der Waals surface area (Å²) in [6.45, 7) is 9.60. The van der Waals surface area contributed by atoms with Gasteiger partial charge in [-0.15, -0.1) is 0 Å². The molecule has 0 aromatic heterocycles. The van der Waals surface area contributed by atoms with Gasteiger partial charge >= 0.3 is 0 Å². The molecule has 1 saturated heterocycles. The Morgan fingerprint density at radius 3 is 2.71 bits per heavy atom. The van der Waals surface area contributed by atoms with Crippen LogP contribution in [0.25, 0.3) is 0 Å². The summed E-state index contributed by atoms with van der Waals surface area (Å²) in [6.07, 6.45) is 2.13. The molecule has 2 atom stereocenters. The zero-order valence-corrected chi connectivity index (χ0v) is 15.3. The first-order chi connectivity index (χ1) is 11.4. The monoisotopic (exact) mass is 333 g/mol. The van der Waals surface area contributed by atoms with Crippen molar-refractivity contribution in [2.75, 3.05) is 0 Å². The number of amides is 1. The Kier molecular flexibility index (Phi) is 7.21. The van der Waals surface area contributed by atoms with Gasteiger partial charge in [0.05, 0.1) is 12.7 Å². The van der Waals surface area contributed by atoms with Gasteiger partial charge in [-0.25, -0.2) is 5.43 Å². The molecule has 5 heteroatoms. The highest BCUT2D eigenvalue weighted by Gasteiger charge is 2.29. The highest BCUT2D eigenvalue weighted by molar-refractivity contribution is 5.82. The maximum Gasteiger partial charge on any atom is 0.238 e. The van der Waals surface area contributed by atoms with Crippen LogP contribution in [0.5, 0.6) is 0 Å². The van der Waals surface area contributed by atoms with Crippen molar-refractivity contribution in [3.8, 4) is 0 Å². The summed E-state index contributed by atoms with van der Waals surface area (Å²) >= 11 is 0. The highest BCUT2D eigenvalue weighted by Crippen LogP contribution is 2.14. The summed E-state index contributed by atoms with van der Waals surface area (Å²) in [5.41, 5.74) is 8.56. The molecule has 1 aromatic carbocycles. The third kappa shape index (κ3) is 6.23. The van der Waals surface area contributed by atoms with Crippen LogP contribution >= 0.6 is 0 Å². The first kappa shape index (κ1) is 18.9. The van der Waals surface area contributed by atoms with Crippen LogP contribution in [0.15, 0.2) is 24.3 Å². The SMILES string of the molecule is CC(C)CC1CC(C(=O)NCc2cccc(COC(C)C)c2)NN1. The number of benzene rings is 1. The summed E-state index contributed by atoms with van der Waals surface area (Å²) in [4.78, 5) is 12.3. The lowest BCUT2D eigenvalue weighted by atomic mass is 10.00. The van der Waals surface area contributed by atoms with E-state index in [4.69, 9.17) is 4.74 Å². The Hall–Kier alpha value is -1.43. The van der Waals surface area contributed by atoms with Gasteiger partial charge in [0, 0.05) is 12.6 Å². The number of hydrogen-bond donors (Lipinski definition) is 3. The standard InChI is InChI=1S/C19H31N3O2/c1-13(2)8-17-10-18(22-21-17)19(23)20-11-15-6-5-7-16(9-15)12-24-14(3)4/h5-7,9,13-14,17-18,21-22H,8,10-12H2,1-4H3,(H,20,23). The minimum absolute atomic E-state index is 0.0533. The van der Waals surface area contributed by atoms with E-state index in [1.165, 1.54) is 0 Å². The van der Waals surface area contributed by atoms with E-state index in [2.05, 4.69) is 36.1 Å². The fourth-order valence-corrected chi connectivity index (χ4v) is 2.92. The molecule has 0 radical (unpaired) electrons. The van der Waals surface area contributed by atoms with Gasteiger partial charge in [0.15, 0.2) is 0 Å². The molecule has 24 heavy (non-hydrogen) atoms. The maximum atomic E-state index is 12.3. The van der Waals surface area contributed by atoms with Crippen LogP contribution in [0, 0.1) is 5.92 Å². The van der Waals surface area contributed by atoms with Crippen molar-refractivity contribution in [3.05, 3.63) is 35.4 Å². The van der Waals surface area contributed by atoms with Crippen LogP contribution in [-0.4, -0.2) is 24.1 Å². The van der Waals surface area contributed by atoms with Gasteiger partial charge in [0.25, 0.3) is 0 Å². The van der Waals surface area contributed by atoms with Crippen molar-refractivity contribution in [1.82, 2.24) is 16.2 Å². The predicted molar refractivity (Wildman–Crippen MR) is 96.1 cm³/mol. The third-order valence-electron chi connectivity index (χ3n) is 4.10. The molecule has 5 nitrogen and oxygen atoms in total. The lowest BCUT2D eigenvalue weighted by Gasteiger charge is -2.12. The fourth-order valence-electron chi connectivity index (χ4n) is 2.92. The molecule has 2 unspecified atom stereocenters. The highest BCUT2D eigenvalue weighted by atomic mass is 16.5. The van der Waals surface area contributed by atoms with Gasteiger partial charge in [-0.05, 0) is 43.7 Å². The van der Waals surface area contributed by atoms with Gasteiger partial charge in [-0.2, -0.15) is 0 Å². The van der Waals surface area contributed by atoms with Crippen LogP contribution < -0.4 is 16.2 Å². The van der Waals surface area contributed by atoms with Crippen LogP contribution in [0.4, 0.5) is 0 Å². The molecule has 134 valence electrons. The Bertz CT molecular complexity index is 531. The predicted octanol–water partition coefficient (Wildman–Crippen LogP) is 2.51. The van der Waals surface area contributed by atoms with E-state index in [0.29, 0.717) is 25.1 Å². The van der Waals surface area contributed by atoms with E-state index in [1.54, 1.807) is 0 Å². The number of ether oxygens (including phenoxy) is 1. The largest absolute Gasteiger partial charge is 0.374 e. The second-order valence-corrected chi connectivity index (χ2v) is 7.30. The zero-order valence-electron chi connectivity index (χ0n) is 15.3. The summed E-state index contributed by atoms with van der Waals surface area (Å²) in [6, 6.07) is 8.39. The van der Waals surface area contributed by atoms with Gasteiger partial charge in [-0.3, -0.25) is 10.2 Å². The molecule has 0 saturated carbocycles. The van der Waals surface area contributed by atoms with Gasteiger partial charge in [-0.1, -0.05) is 38.1 Å². The normalized spacial score (nSPS) is 20.8. The van der Waals surface area contributed by atoms with Crippen LogP contribution in [0.2, 0.25) is 0 Å². The van der Waals surface area contributed by atoms with Crippen molar-refractivity contribution in [1.29, 1.82) is 0 Å². The lowest BCUT2D eigenvalue weighted by molar-refractivity contribution is -0.123. The molecule has 1 aliphatic rings. The Balaban J connectivity index is 1.78. The first-order valence-corrected chi connectivity index (χ1v) is 8.92. The molecule has 0 bridgehead atoms.